The number of benzene rings is 4. The quantitative estimate of drug-likeness (QED) is 0.517. The maximum Gasteiger partial charge on any atom is 0.488 e. The molecule has 28 heavy (non-hydrogen) atoms. The summed E-state index contributed by atoms with van der Waals surface area (Å²) >= 11 is 0. The molecule has 0 aliphatic carbocycles. The lowest BCUT2D eigenvalue weighted by atomic mass is 9.80. The van der Waals surface area contributed by atoms with Gasteiger partial charge in [-0.15, -0.1) is 0 Å². The topological polar surface area (TPSA) is 40.5 Å². The second-order valence-corrected chi connectivity index (χ2v) is 7.03. The highest BCUT2D eigenvalue weighted by atomic mass is 16.4. The monoisotopic (exact) mass is 364 g/mol. The minimum Gasteiger partial charge on any atom is -0.423 e. The molecule has 0 bridgehead atoms. The van der Waals surface area contributed by atoms with Crippen LogP contribution in [-0.4, -0.2) is 17.2 Å². The Bertz CT molecular complexity index is 1100. The average molecular weight is 364 g/mol. The zero-order chi connectivity index (χ0) is 19.5. The van der Waals surface area contributed by atoms with Gasteiger partial charge in [-0.3, -0.25) is 0 Å². The van der Waals surface area contributed by atoms with E-state index in [1.165, 1.54) is 22.3 Å². The van der Waals surface area contributed by atoms with Crippen LogP contribution < -0.4 is 5.46 Å². The van der Waals surface area contributed by atoms with E-state index in [2.05, 4.69) is 79.7 Å². The van der Waals surface area contributed by atoms with Crippen molar-refractivity contribution >= 4 is 12.6 Å². The summed E-state index contributed by atoms with van der Waals surface area (Å²) in [7, 11) is -1.44. The van der Waals surface area contributed by atoms with Gasteiger partial charge in [0.05, 0.1) is 0 Å². The van der Waals surface area contributed by atoms with Crippen molar-refractivity contribution in [3.05, 3.63) is 103 Å². The lowest BCUT2D eigenvalue weighted by molar-refractivity contribution is 0.426. The molecule has 0 aliphatic rings. The van der Waals surface area contributed by atoms with Gasteiger partial charge < -0.3 is 10.0 Å². The third-order valence-corrected chi connectivity index (χ3v) is 4.95. The number of rotatable bonds is 4. The fraction of sp³-hybridized carbons (Fsp3) is 0.0400. The van der Waals surface area contributed by atoms with Crippen molar-refractivity contribution in [2.45, 2.75) is 6.92 Å². The number of aryl methyl sites for hydroxylation is 1. The van der Waals surface area contributed by atoms with E-state index in [4.69, 9.17) is 0 Å². The van der Waals surface area contributed by atoms with Crippen LogP contribution in [0.5, 0.6) is 0 Å². The average Bonchev–Trinajstić information content (AvgIpc) is 2.74. The largest absolute Gasteiger partial charge is 0.488 e. The van der Waals surface area contributed by atoms with Crippen molar-refractivity contribution in [1.82, 2.24) is 0 Å². The van der Waals surface area contributed by atoms with Gasteiger partial charge in [0.1, 0.15) is 0 Å². The molecule has 4 aromatic carbocycles. The van der Waals surface area contributed by atoms with Crippen molar-refractivity contribution in [3.63, 3.8) is 0 Å². The van der Waals surface area contributed by atoms with Crippen molar-refractivity contribution < 1.29 is 10.0 Å². The van der Waals surface area contributed by atoms with Crippen molar-refractivity contribution in [3.8, 4) is 33.4 Å². The van der Waals surface area contributed by atoms with Crippen LogP contribution >= 0.6 is 0 Å². The first-order valence-electron chi connectivity index (χ1n) is 9.34. The van der Waals surface area contributed by atoms with Gasteiger partial charge in [-0.2, -0.15) is 0 Å². The fourth-order valence-corrected chi connectivity index (χ4v) is 3.43. The maximum absolute atomic E-state index is 9.27. The molecule has 0 heterocycles. The molecule has 2 nitrogen and oxygen atoms in total. The van der Waals surface area contributed by atoms with Crippen LogP contribution in [0.25, 0.3) is 33.4 Å². The molecule has 0 aliphatic heterocycles. The van der Waals surface area contributed by atoms with Crippen LogP contribution in [0.3, 0.4) is 0 Å². The molecule has 0 aromatic heterocycles. The van der Waals surface area contributed by atoms with Gasteiger partial charge in [0.15, 0.2) is 0 Å². The van der Waals surface area contributed by atoms with E-state index in [1.807, 2.05) is 12.1 Å². The van der Waals surface area contributed by atoms with Crippen molar-refractivity contribution in [2.75, 3.05) is 0 Å². The van der Waals surface area contributed by atoms with E-state index in [1.54, 1.807) is 12.1 Å². The van der Waals surface area contributed by atoms with Gasteiger partial charge in [0.25, 0.3) is 0 Å². The molecular formula is C25H21BO2. The van der Waals surface area contributed by atoms with Crippen LogP contribution in [0.1, 0.15) is 5.56 Å². The summed E-state index contributed by atoms with van der Waals surface area (Å²) in [6, 6.07) is 32.8. The first-order valence-corrected chi connectivity index (χ1v) is 9.34. The van der Waals surface area contributed by atoms with Crippen LogP contribution in [-0.2, 0) is 0 Å². The second kappa shape index (κ2) is 7.85. The van der Waals surface area contributed by atoms with Crippen LogP contribution in [0.4, 0.5) is 0 Å². The summed E-state index contributed by atoms with van der Waals surface area (Å²) in [5, 5.41) is 18.5. The van der Waals surface area contributed by atoms with E-state index in [0.29, 0.717) is 5.46 Å². The normalized spacial score (nSPS) is 10.7. The highest BCUT2D eigenvalue weighted by molar-refractivity contribution is 6.58. The summed E-state index contributed by atoms with van der Waals surface area (Å²) in [6.45, 7) is 2.11. The first-order chi connectivity index (χ1) is 13.6. The maximum atomic E-state index is 9.27. The fourth-order valence-electron chi connectivity index (χ4n) is 3.43. The molecule has 4 aromatic rings. The van der Waals surface area contributed by atoms with Gasteiger partial charge in [0, 0.05) is 0 Å². The summed E-state index contributed by atoms with van der Waals surface area (Å²) < 4.78 is 0. The Hall–Kier alpha value is -3.14. The molecule has 0 saturated heterocycles. The third-order valence-electron chi connectivity index (χ3n) is 4.95. The van der Waals surface area contributed by atoms with Gasteiger partial charge in [-0.25, -0.2) is 0 Å². The molecular weight excluding hydrogens is 343 g/mol. The van der Waals surface area contributed by atoms with E-state index in [9.17, 15) is 10.0 Å². The molecule has 0 saturated carbocycles. The zero-order valence-corrected chi connectivity index (χ0v) is 15.7. The molecule has 4 rings (SSSR count). The van der Waals surface area contributed by atoms with E-state index in [-0.39, 0.29) is 0 Å². The molecule has 136 valence electrons. The van der Waals surface area contributed by atoms with Crippen LogP contribution in [0.15, 0.2) is 97.1 Å². The third kappa shape index (κ3) is 3.91. The highest BCUT2D eigenvalue weighted by Gasteiger charge is 2.10. The molecule has 0 fully saturated rings. The highest BCUT2D eigenvalue weighted by Crippen LogP contribution is 2.29. The Morgan fingerprint density at radius 2 is 0.929 bits per heavy atom. The minimum absolute atomic E-state index is 0.491. The minimum atomic E-state index is -1.44. The van der Waals surface area contributed by atoms with Gasteiger partial charge >= 0.3 is 7.12 Å². The first kappa shape index (κ1) is 18.2. The van der Waals surface area contributed by atoms with Gasteiger partial charge in [0.2, 0.25) is 0 Å². The van der Waals surface area contributed by atoms with Gasteiger partial charge in [-0.05, 0) is 57.9 Å². The summed E-state index contributed by atoms with van der Waals surface area (Å²) in [5.74, 6) is 0. The second-order valence-electron chi connectivity index (χ2n) is 7.03. The Kier molecular flexibility index (Phi) is 5.11. The van der Waals surface area contributed by atoms with Gasteiger partial charge in [-0.1, -0.05) is 90.5 Å². The Labute approximate surface area is 165 Å². The molecule has 3 heteroatoms. The lowest BCUT2D eigenvalue weighted by Gasteiger charge is -2.09. The van der Waals surface area contributed by atoms with E-state index >= 15 is 0 Å². The molecule has 0 atom stereocenters. The number of hydrogen-bond donors (Lipinski definition) is 2. The molecule has 0 unspecified atom stereocenters. The molecule has 0 amide bonds. The summed E-state index contributed by atoms with van der Waals surface area (Å²) in [6.07, 6.45) is 0. The molecule has 0 spiro atoms. The van der Waals surface area contributed by atoms with Crippen molar-refractivity contribution in [2.24, 2.45) is 0 Å². The Morgan fingerprint density at radius 1 is 0.500 bits per heavy atom. The Morgan fingerprint density at radius 3 is 1.39 bits per heavy atom. The number of hydrogen-bond acceptors (Lipinski definition) is 2. The summed E-state index contributed by atoms with van der Waals surface area (Å²) in [4.78, 5) is 0. The SMILES string of the molecule is Cc1cccc(-c2cccc(-c3cccc(-c4ccc(B(O)O)cc4)c3)c2)c1. The zero-order valence-electron chi connectivity index (χ0n) is 15.7. The molecule has 2 N–H and O–H groups in total. The lowest BCUT2D eigenvalue weighted by Crippen LogP contribution is -2.29. The predicted octanol–water partition coefficient (Wildman–Crippen LogP) is 4.68. The van der Waals surface area contributed by atoms with Crippen LogP contribution in [0.2, 0.25) is 0 Å². The standard InChI is InChI=1S/C25H21BO2/c1-18-5-2-6-20(15-18)22-8-4-10-24(17-22)23-9-3-7-21(16-23)19-11-13-25(14-12-19)26(27)28/h2-17,27-28H,1H3. The van der Waals surface area contributed by atoms with E-state index in [0.717, 1.165) is 16.7 Å². The van der Waals surface area contributed by atoms with Crippen molar-refractivity contribution in [1.29, 1.82) is 0 Å². The Balaban J connectivity index is 1.69. The van der Waals surface area contributed by atoms with Crippen LogP contribution in [0, 0.1) is 6.92 Å². The predicted molar refractivity (Wildman–Crippen MR) is 117 cm³/mol. The smallest absolute Gasteiger partial charge is 0.423 e. The summed E-state index contributed by atoms with van der Waals surface area (Å²) in [5.41, 5.74) is 8.62. The molecule has 0 radical (unpaired) electrons. The van der Waals surface area contributed by atoms with E-state index < -0.39 is 7.12 Å².